The summed E-state index contributed by atoms with van der Waals surface area (Å²) in [6, 6.07) is 5.79. The molecule has 0 atom stereocenters. The first-order chi connectivity index (χ1) is 10.6. The molecule has 0 bridgehead atoms. The number of amides is 1. The molecule has 0 spiro atoms. The Morgan fingerprint density at radius 1 is 1.41 bits per heavy atom. The van der Waals surface area contributed by atoms with E-state index in [-0.39, 0.29) is 5.91 Å². The van der Waals surface area contributed by atoms with Gasteiger partial charge >= 0.3 is 0 Å². The van der Waals surface area contributed by atoms with Gasteiger partial charge in [0, 0.05) is 26.0 Å². The van der Waals surface area contributed by atoms with E-state index in [0.29, 0.717) is 19.4 Å². The second-order valence-corrected chi connectivity index (χ2v) is 6.35. The van der Waals surface area contributed by atoms with Crippen molar-refractivity contribution in [3.63, 3.8) is 0 Å². The molecule has 1 aliphatic carbocycles. The van der Waals surface area contributed by atoms with Crippen LogP contribution in [0.15, 0.2) is 30.6 Å². The lowest BCUT2D eigenvalue weighted by Gasteiger charge is -2.25. The van der Waals surface area contributed by atoms with Crippen LogP contribution in [0.5, 0.6) is 0 Å². The molecule has 5 nitrogen and oxygen atoms in total. The summed E-state index contributed by atoms with van der Waals surface area (Å²) in [4.78, 5) is 18.4. The number of aromatic nitrogens is 2. The fourth-order valence-corrected chi connectivity index (χ4v) is 3.19. The second-order valence-electron chi connectivity index (χ2n) is 6.35. The number of pyridine rings is 1. The molecule has 0 radical (unpaired) electrons. The first kappa shape index (κ1) is 15.0. The van der Waals surface area contributed by atoms with Gasteiger partial charge in [-0.25, -0.2) is 4.98 Å². The van der Waals surface area contributed by atoms with E-state index in [1.54, 1.807) is 11.1 Å². The van der Waals surface area contributed by atoms with E-state index < -0.39 is 5.60 Å². The Hall–Kier alpha value is -1.88. The molecule has 1 saturated carbocycles. The first-order valence-corrected chi connectivity index (χ1v) is 7.95. The first-order valence-electron chi connectivity index (χ1n) is 7.95. The average Bonchev–Trinajstić information content (AvgIpc) is 3.13. The maximum Gasteiger partial charge on any atom is 0.228 e. The van der Waals surface area contributed by atoms with Gasteiger partial charge in [-0.05, 0) is 31.4 Å². The van der Waals surface area contributed by atoms with Crippen molar-refractivity contribution in [3.8, 4) is 0 Å². The fraction of sp³-hybridized carbons (Fsp3) is 0.529. The number of carbonyl (C=O) groups excluding carboxylic acids is 1. The molecular formula is C17H23N3O2. The highest BCUT2D eigenvalue weighted by atomic mass is 16.3. The number of aliphatic hydroxyl groups is 1. The van der Waals surface area contributed by atoms with Gasteiger partial charge < -0.3 is 14.4 Å². The minimum absolute atomic E-state index is 0.0623. The van der Waals surface area contributed by atoms with Crippen molar-refractivity contribution >= 4 is 11.6 Å². The molecule has 0 unspecified atom stereocenters. The summed E-state index contributed by atoms with van der Waals surface area (Å²) < 4.78 is 1.94. The van der Waals surface area contributed by atoms with Gasteiger partial charge in [0.15, 0.2) is 0 Å². The Morgan fingerprint density at radius 3 is 2.95 bits per heavy atom. The highest BCUT2D eigenvalue weighted by Gasteiger charge is 2.31. The van der Waals surface area contributed by atoms with E-state index in [1.807, 2.05) is 35.8 Å². The minimum atomic E-state index is -0.558. The van der Waals surface area contributed by atoms with Crippen molar-refractivity contribution in [2.45, 2.75) is 44.1 Å². The number of imidazole rings is 1. The van der Waals surface area contributed by atoms with Crippen LogP contribution in [0.25, 0.3) is 5.65 Å². The second kappa shape index (κ2) is 6.08. The number of nitrogens with zero attached hydrogens (tertiary/aromatic N) is 3. The summed E-state index contributed by atoms with van der Waals surface area (Å²) in [5.41, 5.74) is 1.19. The number of hydrogen-bond donors (Lipinski definition) is 1. The summed E-state index contributed by atoms with van der Waals surface area (Å²) in [5, 5.41) is 10.4. The van der Waals surface area contributed by atoms with Gasteiger partial charge in [0.1, 0.15) is 5.65 Å². The summed E-state index contributed by atoms with van der Waals surface area (Å²) in [6.45, 7) is 0.603. The van der Waals surface area contributed by atoms with Gasteiger partial charge in [0.05, 0.1) is 17.7 Å². The minimum Gasteiger partial charge on any atom is -0.390 e. The number of carbonyl (C=O) groups is 1. The van der Waals surface area contributed by atoms with E-state index in [1.165, 1.54) is 0 Å². The number of likely N-dealkylation sites (N-methyl/N-ethyl adjacent to an activating group) is 1. The van der Waals surface area contributed by atoms with Gasteiger partial charge in [0.2, 0.25) is 5.91 Å². The van der Waals surface area contributed by atoms with Crippen LogP contribution in [0.2, 0.25) is 0 Å². The van der Waals surface area contributed by atoms with E-state index in [4.69, 9.17) is 0 Å². The quantitative estimate of drug-likeness (QED) is 0.919. The monoisotopic (exact) mass is 301 g/mol. The topological polar surface area (TPSA) is 57.8 Å². The maximum atomic E-state index is 12.4. The SMILES string of the molecule is CN(CCC1(O)CCCC1)C(=O)Cc1cnc2ccccn12. The predicted molar refractivity (Wildman–Crippen MR) is 84.6 cm³/mol. The Balaban J connectivity index is 1.59. The molecule has 2 aromatic heterocycles. The van der Waals surface area contributed by atoms with Crippen molar-refractivity contribution in [1.29, 1.82) is 0 Å². The third-order valence-electron chi connectivity index (χ3n) is 4.70. The van der Waals surface area contributed by atoms with Gasteiger partial charge in [0.25, 0.3) is 0 Å². The normalized spacial score (nSPS) is 17.0. The molecule has 1 fully saturated rings. The van der Waals surface area contributed by atoms with Crippen molar-refractivity contribution in [3.05, 3.63) is 36.3 Å². The van der Waals surface area contributed by atoms with Crippen LogP contribution in [0.4, 0.5) is 0 Å². The molecule has 0 aromatic carbocycles. The van der Waals surface area contributed by atoms with Gasteiger partial charge in [-0.2, -0.15) is 0 Å². The van der Waals surface area contributed by atoms with Crippen LogP contribution in [-0.4, -0.2) is 44.5 Å². The molecule has 118 valence electrons. The molecule has 2 heterocycles. The Kier molecular flexibility index (Phi) is 4.16. The molecule has 5 heteroatoms. The van der Waals surface area contributed by atoms with Crippen LogP contribution < -0.4 is 0 Å². The lowest BCUT2D eigenvalue weighted by Crippen LogP contribution is -2.35. The van der Waals surface area contributed by atoms with Crippen LogP contribution in [-0.2, 0) is 11.2 Å². The standard InChI is InChI=1S/C17H23N3O2/c1-19(11-9-17(22)7-3-4-8-17)16(21)12-14-13-18-15-6-2-5-10-20(14)15/h2,5-6,10,13,22H,3-4,7-9,11-12H2,1H3. The maximum absolute atomic E-state index is 12.4. The van der Waals surface area contributed by atoms with Crippen LogP contribution in [0, 0.1) is 0 Å². The molecule has 2 aromatic rings. The van der Waals surface area contributed by atoms with E-state index in [2.05, 4.69) is 4.98 Å². The lowest BCUT2D eigenvalue weighted by atomic mass is 9.98. The zero-order valence-corrected chi connectivity index (χ0v) is 13.0. The molecule has 1 aliphatic rings. The number of hydrogen-bond acceptors (Lipinski definition) is 3. The predicted octanol–water partition coefficient (Wildman–Crippen LogP) is 2.03. The van der Waals surface area contributed by atoms with Gasteiger partial charge in [-0.15, -0.1) is 0 Å². The largest absolute Gasteiger partial charge is 0.390 e. The Morgan fingerprint density at radius 2 is 2.18 bits per heavy atom. The van der Waals surface area contributed by atoms with Crippen molar-refractivity contribution in [2.75, 3.05) is 13.6 Å². The van der Waals surface area contributed by atoms with E-state index in [0.717, 1.165) is 37.0 Å². The van der Waals surface area contributed by atoms with Gasteiger partial charge in [-0.3, -0.25) is 4.79 Å². The van der Waals surface area contributed by atoms with Gasteiger partial charge in [-0.1, -0.05) is 18.9 Å². The van der Waals surface area contributed by atoms with Crippen molar-refractivity contribution in [2.24, 2.45) is 0 Å². The lowest BCUT2D eigenvalue weighted by molar-refractivity contribution is -0.129. The summed E-state index contributed by atoms with van der Waals surface area (Å²) in [6.07, 6.45) is 8.59. The van der Waals surface area contributed by atoms with Crippen LogP contribution in [0.1, 0.15) is 37.8 Å². The highest BCUT2D eigenvalue weighted by molar-refractivity contribution is 5.78. The highest BCUT2D eigenvalue weighted by Crippen LogP contribution is 2.32. The fourth-order valence-electron chi connectivity index (χ4n) is 3.19. The summed E-state index contributed by atoms with van der Waals surface area (Å²) in [7, 11) is 1.81. The van der Waals surface area contributed by atoms with Crippen molar-refractivity contribution < 1.29 is 9.90 Å². The molecular weight excluding hydrogens is 278 g/mol. The van der Waals surface area contributed by atoms with Crippen molar-refractivity contribution in [1.82, 2.24) is 14.3 Å². The van der Waals surface area contributed by atoms with Crippen LogP contribution in [0.3, 0.4) is 0 Å². The molecule has 0 saturated heterocycles. The average molecular weight is 301 g/mol. The number of fused-ring (bicyclic) bond motifs is 1. The number of rotatable bonds is 5. The third-order valence-corrected chi connectivity index (χ3v) is 4.70. The smallest absolute Gasteiger partial charge is 0.228 e. The third kappa shape index (κ3) is 3.14. The molecule has 0 aliphatic heterocycles. The molecule has 3 rings (SSSR count). The summed E-state index contributed by atoms with van der Waals surface area (Å²) >= 11 is 0. The van der Waals surface area contributed by atoms with Crippen LogP contribution >= 0.6 is 0 Å². The van der Waals surface area contributed by atoms with E-state index >= 15 is 0 Å². The Labute approximate surface area is 130 Å². The van der Waals surface area contributed by atoms with E-state index in [9.17, 15) is 9.90 Å². The molecule has 1 amide bonds. The zero-order chi connectivity index (χ0) is 15.6. The zero-order valence-electron chi connectivity index (χ0n) is 13.0. The summed E-state index contributed by atoms with van der Waals surface area (Å²) in [5.74, 6) is 0.0623. The molecule has 1 N–H and O–H groups in total. The Bertz CT molecular complexity index is 659. The molecule has 22 heavy (non-hydrogen) atoms.